The smallest absolute Gasteiger partial charge is 0.187 e. The summed E-state index contributed by atoms with van der Waals surface area (Å²) in [5.41, 5.74) is 2.71. The van der Waals surface area contributed by atoms with E-state index in [1.54, 1.807) is 66.9 Å². The molecule has 0 aliphatic carbocycles. The highest BCUT2D eigenvalue weighted by Gasteiger charge is 2.25. The van der Waals surface area contributed by atoms with Gasteiger partial charge in [0.05, 0.1) is 42.7 Å². The maximum Gasteiger partial charge on any atom is 0.187 e. The van der Waals surface area contributed by atoms with E-state index >= 15 is 0 Å². The van der Waals surface area contributed by atoms with Gasteiger partial charge >= 0.3 is 0 Å². The molecule has 0 amide bonds. The lowest BCUT2D eigenvalue weighted by atomic mass is 9.94. The number of Topliss-reactive ketones (excluding diaryl/α,β-unsaturated/α-hetero) is 1. The van der Waals surface area contributed by atoms with Crippen LogP contribution in [0.3, 0.4) is 0 Å². The largest absolute Gasteiger partial charge is 0.496 e. The van der Waals surface area contributed by atoms with Crippen LogP contribution in [-0.2, 0) is 4.79 Å². The molecule has 0 radical (unpaired) electrons. The number of methoxy groups -OCH3 is 6. The van der Waals surface area contributed by atoms with Crippen LogP contribution in [0.2, 0.25) is 0 Å². The number of ether oxygens (including phenoxy) is 6. The molecule has 1 saturated heterocycles. The number of carbonyl (C=O) groups excluding carboxylic acids is 1. The number of benzene rings is 2. The third kappa shape index (κ3) is 5.12. The number of nitrogens with zero attached hydrogens (tertiary/aromatic N) is 1. The Bertz CT molecular complexity index is 1040. The van der Waals surface area contributed by atoms with Gasteiger partial charge in [-0.2, -0.15) is 0 Å². The summed E-state index contributed by atoms with van der Waals surface area (Å²) in [6.45, 7) is 0.994. The van der Waals surface area contributed by atoms with Crippen LogP contribution in [0.1, 0.15) is 11.1 Å². The highest BCUT2D eigenvalue weighted by atomic mass is 16.5. The number of likely N-dealkylation sites (N-methyl/N-ethyl adjacent to an activating group) is 1. The molecule has 1 fully saturated rings. The number of hydrogen-bond donors (Lipinski definition) is 0. The topological polar surface area (TPSA) is 75.7 Å². The van der Waals surface area contributed by atoms with Crippen molar-refractivity contribution >= 4 is 17.9 Å². The molecule has 1 aliphatic heterocycles. The number of carbonyl (C=O) groups is 1. The van der Waals surface area contributed by atoms with Crippen LogP contribution >= 0.6 is 0 Å². The molecule has 3 rings (SSSR count). The minimum Gasteiger partial charge on any atom is -0.496 e. The molecule has 8 nitrogen and oxygen atoms in total. The predicted octanol–water partition coefficient (Wildman–Crippen LogP) is 3.72. The summed E-state index contributed by atoms with van der Waals surface area (Å²) in [5, 5.41) is 0. The van der Waals surface area contributed by atoms with Crippen molar-refractivity contribution in [2.45, 2.75) is 0 Å². The molecule has 0 spiro atoms. The standard InChI is InChI=1S/C26H31NO7/c1-27-14-18(8-16-10-22(31-4)24(33-6)12-20(16)29-2)26(28)19(15-27)9-17-11-23(32-5)25(34-7)13-21(17)30-3/h8-13H,14-15H2,1-7H3. The van der Waals surface area contributed by atoms with Gasteiger partial charge in [0, 0.05) is 47.5 Å². The van der Waals surface area contributed by atoms with Crippen molar-refractivity contribution in [1.29, 1.82) is 0 Å². The van der Waals surface area contributed by atoms with E-state index in [1.807, 2.05) is 19.2 Å². The van der Waals surface area contributed by atoms with E-state index in [9.17, 15) is 4.79 Å². The molecule has 2 aromatic rings. The lowest BCUT2D eigenvalue weighted by molar-refractivity contribution is -0.113. The maximum absolute atomic E-state index is 13.5. The summed E-state index contributed by atoms with van der Waals surface area (Å²) < 4.78 is 32.6. The summed E-state index contributed by atoms with van der Waals surface area (Å²) in [7, 11) is 11.4. The first-order chi connectivity index (χ1) is 16.4. The van der Waals surface area contributed by atoms with Crippen LogP contribution in [0.25, 0.3) is 12.2 Å². The van der Waals surface area contributed by atoms with E-state index in [2.05, 4.69) is 4.90 Å². The van der Waals surface area contributed by atoms with E-state index in [4.69, 9.17) is 28.4 Å². The first-order valence-electron chi connectivity index (χ1n) is 10.6. The van der Waals surface area contributed by atoms with Gasteiger partial charge in [-0.1, -0.05) is 0 Å². The first kappa shape index (κ1) is 25.0. The summed E-state index contributed by atoms with van der Waals surface area (Å²) in [6, 6.07) is 7.08. The first-order valence-corrected chi connectivity index (χ1v) is 10.6. The predicted molar refractivity (Wildman–Crippen MR) is 131 cm³/mol. The number of rotatable bonds is 8. The van der Waals surface area contributed by atoms with Crippen molar-refractivity contribution in [2.24, 2.45) is 0 Å². The molecule has 1 aliphatic rings. The van der Waals surface area contributed by atoms with E-state index in [-0.39, 0.29) is 5.78 Å². The SMILES string of the molecule is COc1cc(OC)c(OC)cc1C=C1CN(C)CC(=Cc2cc(OC)c(OC)cc2OC)C1=O. The summed E-state index contributed by atoms with van der Waals surface area (Å²) >= 11 is 0. The molecule has 0 aromatic heterocycles. The van der Waals surface area contributed by atoms with Gasteiger partial charge in [-0.3, -0.25) is 9.69 Å². The summed E-state index contributed by atoms with van der Waals surface area (Å²) in [4.78, 5) is 15.5. The molecular formula is C26H31NO7. The van der Waals surface area contributed by atoms with Gasteiger partial charge in [0.2, 0.25) is 0 Å². The van der Waals surface area contributed by atoms with Crippen molar-refractivity contribution < 1.29 is 33.2 Å². The molecule has 0 unspecified atom stereocenters. The molecule has 1 heterocycles. The van der Waals surface area contributed by atoms with Crippen LogP contribution in [0.15, 0.2) is 35.4 Å². The summed E-state index contributed by atoms with van der Waals surface area (Å²) in [5.74, 6) is 3.32. The Morgan fingerprint density at radius 3 is 1.24 bits per heavy atom. The van der Waals surface area contributed by atoms with Crippen LogP contribution < -0.4 is 28.4 Å². The molecule has 34 heavy (non-hydrogen) atoms. The highest BCUT2D eigenvalue weighted by Crippen LogP contribution is 2.38. The fourth-order valence-corrected chi connectivity index (χ4v) is 3.92. The minimum atomic E-state index is -0.0493. The van der Waals surface area contributed by atoms with Crippen molar-refractivity contribution in [3.8, 4) is 34.5 Å². The average Bonchev–Trinajstić information content (AvgIpc) is 2.85. The Morgan fingerprint density at radius 2 is 0.912 bits per heavy atom. The zero-order valence-electron chi connectivity index (χ0n) is 20.7. The van der Waals surface area contributed by atoms with Crippen LogP contribution in [0.5, 0.6) is 34.5 Å². The van der Waals surface area contributed by atoms with Crippen molar-refractivity contribution in [3.63, 3.8) is 0 Å². The zero-order chi connectivity index (χ0) is 24.8. The van der Waals surface area contributed by atoms with E-state index < -0.39 is 0 Å². The van der Waals surface area contributed by atoms with Crippen LogP contribution in [0, 0.1) is 0 Å². The number of likely N-dealkylation sites (tertiary alicyclic amines) is 1. The fraction of sp³-hybridized carbons (Fsp3) is 0.346. The molecule has 0 N–H and O–H groups in total. The lowest BCUT2D eigenvalue weighted by Crippen LogP contribution is -2.34. The molecule has 182 valence electrons. The Hall–Kier alpha value is -3.65. The Balaban J connectivity index is 2.07. The minimum absolute atomic E-state index is 0.0493. The molecule has 0 saturated carbocycles. The Morgan fingerprint density at radius 1 is 0.588 bits per heavy atom. The second kappa shape index (κ2) is 11.0. The highest BCUT2D eigenvalue weighted by molar-refractivity contribution is 6.15. The second-order valence-electron chi connectivity index (χ2n) is 7.74. The summed E-state index contributed by atoms with van der Waals surface area (Å²) in [6.07, 6.45) is 3.66. The van der Waals surface area contributed by atoms with Crippen molar-refractivity contribution in [2.75, 3.05) is 62.8 Å². The quantitative estimate of drug-likeness (QED) is 0.542. The maximum atomic E-state index is 13.5. The van der Waals surface area contributed by atoms with E-state index in [0.717, 1.165) is 11.1 Å². The van der Waals surface area contributed by atoms with Gasteiger partial charge in [-0.15, -0.1) is 0 Å². The van der Waals surface area contributed by atoms with Crippen molar-refractivity contribution in [3.05, 3.63) is 46.5 Å². The van der Waals surface area contributed by atoms with E-state index in [0.29, 0.717) is 58.7 Å². The third-order valence-electron chi connectivity index (χ3n) is 5.60. The normalized spacial score (nSPS) is 16.5. The Kier molecular flexibility index (Phi) is 8.07. The Labute approximate surface area is 200 Å². The zero-order valence-corrected chi connectivity index (χ0v) is 20.7. The van der Waals surface area contributed by atoms with Gasteiger partial charge in [0.1, 0.15) is 11.5 Å². The van der Waals surface area contributed by atoms with Gasteiger partial charge in [-0.25, -0.2) is 0 Å². The second-order valence-corrected chi connectivity index (χ2v) is 7.74. The molecule has 8 heteroatoms. The lowest BCUT2D eigenvalue weighted by Gasteiger charge is -2.26. The molecule has 0 bridgehead atoms. The van der Waals surface area contributed by atoms with Crippen LogP contribution in [-0.4, -0.2) is 73.5 Å². The van der Waals surface area contributed by atoms with Gasteiger partial charge < -0.3 is 28.4 Å². The number of piperidine rings is 1. The van der Waals surface area contributed by atoms with Gasteiger partial charge in [-0.05, 0) is 31.3 Å². The van der Waals surface area contributed by atoms with E-state index in [1.165, 1.54) is 0 Å². The molecule has 0 atom stereocenters. The fourth-order valence-electron chi connectivity index (χ4n) is 3.92. The number of ketones is 1. The van der Waals surface area contributed by atoms with Gasteiger partial charge in [0.25, 0.3) is 0 Å². The monoisotopic (exact) mass is 469 g/mol. The van der Waals surface area contributed by atoms with Crippen molar-refractivity contribution in [1.82, 2.24) is 4.90 Å². The third-order valence-corrected chi connectivity index (χ3v) is 5.60. The van der Waals surface area contributed by atoms with Gasteiger partial charge in [0.15, 0.2) is 28.8 Å². The average molecular weight is 470 g/mol. The molecule has 2 aromatic carbocycles. The van der Waals surface area contributed by atoms with Crippen LogP contribution in [0.4, 0.5) is 0 Å². The molecular weight excluding hydrogens is 438 g/mol. The number of hydrogen-bond acceptors (Lipinski definition) is 8.